The van der Waals surface area contributed by atoms with E-state index in [1.54, 1.807) is 0 Å². The summed E-state index contributed by atoms with van der Waals surface area (Å²) in [7, 11) is -1.44. The van der Waals surface area contributed by atoms with Gasteiger partial charge < -0.3 is 4.90 Å². The van der Waals surface area contributed by atoms with E-state index in [1.807, 2.05) is 6.20 Å². The second-order valence-electron chi connectivity index (χ2n) is 14.1. The van der Waals surface area contributed by atoms with E-state index in [9.17, 15) is 0 Å². The molecule has 0 saturated carbocycles. The molecule has 50 heavy (non-hydrogen) atoms. The van der Waals surface area contributed by atoms with Gasteiger partial charge in [-0.3, -0.25) is 4.90 Å². The number of rotatable bonds is 7. The monoisotopic (exact) mass is 659 g/mol. The molecule has 0 fully saturated rings. The third kappa shape index (κ3) is 4.99. The first-order valence-electron chi connectivity index (χ1n) is 17.3. The van der Waals surface area contributed by atoms with Crippen molar-refractivity contribution in [1.82, 2.24) is 4.98 Å². The summed E-state index contributed by atoms with van der Waals surface area (Å²) in [5.41, 5.74) is 5.64. The minimum atomic E-state index is -1.44. The molecule has 0 saturated heterocycles. The van der Waals surface area contributed by atoms with Crippen molar-refractivity contribution in [3.05, 3.63) is 170 Å². The van der Waals surface area contributed by atoms with Gasteiger partial charge in [-0.05, 0) is 81.5 Å². The Morgan fingerprint density at radius 2 is 0.900 bits per heavy atom. The predicted octanol–water partition coefficient (Wildman–Crippen LogP) is 12.6. The van der Waals surface area contributed by atoms with Crippen LogP contribution in [0.3, 0.4) is 0 Å². The molecule has 9 aromatic rings. The average molecular weight is 660 g/mol. The molecule has 1 heterocycles. The fourth-order valence-corrected chi connectivity index (χ4v) is 8.68. The fraction of sp³-hybridized carbons (Fsp3) is 0.0652. The number of anilines is 6. The lowest BCUT2D eigenvalue weighted by molar-refractivity contribution is 1.21. The molecular weight excluding hydrogens is 623 g/mol. The van der Waals surface area contributed by atoms with Crippen LogP contribution in [0.1, 0.15) is 0 Å². The molecule has 0 atom stereocenters. The molecule has 0 unspecified atom stereocenters. The second kappa shape index (κ2) is 11.9. The molecule has 0 aliphatic carbocycles. The summed E-state index contributed by atoms with van der Waals surface area (Å²) in [6.07, 6.45) is 1.92. The SMILES string of the molecule is C[Si](C)(C)c1ccc(N(c2ccccc2)c2ccc3ccc4c(N(c5ccccc5)c5nccc6ccccc56)ccc5ccc2c3c54)cc1. The molecule has 0 bridgehead atoms. The van der Waals surface area contributed by atoms with Crippen LogP contribution in [-0.4, -0.2) is 13.1 Å². The molecule has 0 radical (unpaired) electrons. The zero-order chi connectivity index (χ0) is 33.8. The zero-order valence-electron chi connectivity index (χ0n) is 28.5. The van der Waals surface area contributed by atoms with Crippen molar-refractivity contribution in [1.29, 1.82) is 0 Å². The topological polar surface area (TPSA) is 19.4 Å². The van der Waals surface area contributed by atoms with Gasteiger partial charge in [-0.1, -0.05) is 134 Å². The van der Waals surface area contributed by atoms with Crippen molar-refractivity contribution in [3.8, 4) is 0 Å². The molecule has 3 nitrogen and oxygen atoms in total. The number of benzene rings is 8. The van der Waals surface area contributed by atoms with E-state index >= 15 is 0 Å². The standard InChI is InChI=1S/C46H37N3Si/c1-50(2,3)38-24-22-37(23-25-38)48(35-13-6-4-7-14-35)42-28-20-33-19-27-41-43(29-21-34-18-26-40(42)44(33)45(34)41)49(36-15-8-5-9-16-36)46-39-17-11-10-12-32(39)30-31-47-46/h4-31H,1-3H3. The first-order valence-corrected chi connectivity index (χ1v) is 20.8. The van der Waals surface area contributed by atoms with Gasteiger partial charge in [-0.2, -0.15) is 0 Å². The fourth-order valence-electron chi connectivity index (χ4n) is 7.51. The van der Waals surface area contributed by atoms with Gasteiger partial charge in [-0.25, -0.2) is 4.98 Å². The number of para-hydroxylation sites is 2. The lowest BCUT2D eigenvalue weighted by Crippen LogP contribution is -2.37. The van der Waals surface area contributed by atoms with Crippen LogP contribution in [0.4, 0.5) is 34.3 Å². The highest BCUT2D eigenvalue weighted by molar-refractivity contribution is 6.88. The molecular formula is C46H37N3Si. The number of hydrogen-bond acceptors (Lipinski definition) is 3. The van der Waals surface area contributed by atoms with Gasteiger partial charge in [0, 0.05) is 39.4 Å². The van der Waals surface area contributed by atoms with Crippen LogP contribution in [-0.2, 0) is 0 Å². The van der Waals surface area contributed by atoms with Crippen molar-refractivity contribution in [2.45, 2.75) is 19.6 Å². The molecule has 0 amide bonds. The molecule has 0 aliphatic rings. The van der Waals surface area contributed by atoms with Crippen molar-refractivity contribution in [2.24, 2.45) is 0 Å². The summed E-state index contributed by atoms with van der Waals surface area (Å²) in [6.45, 7) is 7.21. The molecule has 1 aromatic heterocycles. The van der Waals surface area contributed by atoms with Gasteiger partial charge in [0.2, 0.25) is 0 Å². The maximum atomic E-state index is 5.02. The normalized spacial score (nSPS) is 11.9. The number of aromatic nitrogens is 1. The minimum absolute atomic E-state index is 0.919. The Hall–Kier alpha value is -5.97. The Morgan fingerprint density at radius 1 is 0.400 bits per heavy atom. The van der Waals surface area contributed by atoms with Crippen LogP contribution >= 0.6 is 0 Å². The van der Waals surface area contributed by atoms with Crippen LogP contribution in [0.5, 0.6) is 0 Å². The summed E-state index contributed by atoms with van der Waals surface area (Å²) in [4.78, 5) is 9.76. The van der Waals surface area contributed by atoms with Gasteiger partial charge in [0.1, 0.15) is 5.82 Å². The third-order valence-electron chi connectivity index (χ3n) is 9.99. The quantitative estimate of drug-likeness (QED) is 0.125. The first kappa shape index (κ1) is 30.1. The highest BCUT2D eigenvalue weighted by Crippen LogP contribution is 2.47. The van der Waals surface area contributed by atoms with Crippen molar-refractivity contribution >= 4 is 90.6 Å². The summed E-state index contributed by atoms with van der Waals surface area (Å²) in [6, 6.07) is 59.5. The van der Waals surface area contributed by atoms with Crippen LogP contribution in [0.25, 0.3) is 43.1 Å². The smallest absolute Gasteiger partial charge is 0.145 e. The predicted molar refractivity (Wildman–Crippen MR) is 218 cm³/mol. The zero-order valence-corrected chi connectivity index (χ0v) is 29.5. The van der Waals surface area contributed by atoms with Crippen molar-refractivity contribution in [3.63, 3.8) is 0 Å². The minimum Gasteiger partial charge on any atom is -0.310 e. The summed E-state index contributed by atoms with van der Waals surface area (Å²) in [5.74, 6) is 0.919. The largest absolute Gasteiger partial charge is 0.310 e. The van der Waals surface area contributed by atoms with Gasteiger partial charge in [0.05, 0.1) is 19.4 Å². The number of pyridine rings is 1. The van der Waals surface area contributed by atoms with E-state index in [0.717, 1.165) is 34.0 Å². The Balaban J connectivity index is 1.30. The van der Waals surface area contributed by atoms with Crippen molar-refractivity contribution in [2.75, 3.05) is 9.80 Å². The van der Waals surface area contributed by atoms with Crippen LogP contribution < -0.4 is 15.0 Å². The van der Waals surface area contributed by atoms with E-state index in [0.29, 0.717) is 0 Å². The first-order chi connectivity index (χ1) is 24.5. The second-order valence-corrected chi connectivity index (χ2v) is 19.2. The van der Waals surface area contributed by atoms with Crippen molar-refractivity contribution < 1.29 is 0 Å². The molecule has 0 N–H and O–H groups in total. The summed E-state index contributed by atoms with van der Waals surface area (Å²) in [5, 5.41) is 11.2. The maximum Gasteiger partial charge on any atom is 0.145 e. The third-order valence-corrected chi connectivity index (χ3v) is 12.1. The van der Waals surface area contributed by atoms with Gasteiger partial charge >= 0.3 is 0 Å². The molecule has 0 spiro atoms. The Morgan fingerprint density at radius 3 is 1.50 bits per heavy atom. The molecule has 240 valence electrons. The highest BCUT2D eigenvalue weighted by Gasteiger charge is 2.23. The summed E-state index contributed by atoms with van der Waals surface area (Å²) >= 11 is 0. The molecule has 9 rings (SSSR count). The molecule has 8 aromatic carbocycles. The van der Waals surface area contributed by atoms with Gasteiger partial charge in [-0.15, -0.1) is 0 Å². The van der Waals surface area contributed by atoms with E-state index < -0.39 is 8.07 Å². The number of nitrogens with zero attached hydrogens (tertiary/aromatic N) is 3. The summed E-state index contributed by atoms with van der Waals surface area (Å²) < 4.78 is 0. The lowest BCUT2D eigenvalue weighted by Gasteiger charge is -2.29. The van der Waals surface area contributed by atoms with E-state index in [1.165, 1.54) is 48.6 Å². The van der Waals surface area contributed by atoms with E-state index in [-0.39, 0.29) is 0 Å². The highest BCUT2D eigenvalue weighted by atomic mass is 28.3. The average Bonchev–Trinajstić information content (AvgIpc) is 3.16. The number of hydrogen-bond donors (Lipinski definition) is 0. The molecule has 4 heteroatoms. The number of fused-ring (bicyclic) bond motifs is 1. The molecule has 0 aliphatic heterocycles. The van der Waals surface area contributed by atoms with Crippen LogP contribution in [0.2, 0.25) is 19.6 Å². The van der Waals surface area contributed by atoms with E-state index in [2.05, 4.69) is 193 Å². The lowest BCUT2D eigenvalue weighted by atomic mass is 9.91. The van der Waals surface area contributed by atoms with Gasteiger partial charge in [0.15, 0.2) is 0 Å². The maximum absolute atomic E-state index is 5.02. The Kier molecular flexibility index (Phi) is 7.15. The van der Waals surface area contributed by atoms with Crippen LogP contribution in [0.15, 0.2) is 170 Å². The Bertz CT molecular complexity index is 2620. The van der Waals surface area contributed by atoms with Gasteiger partial charge in [0.25, 0.3) is 0 Å². The van der Waals surface area contributed by atoms with E-state index in [4.69, 9.17) is 4.98 Å². The Labute approximate surface area is 294 Å². The van der Waals surface area contributed by atoms with Crippen LogP contribution in [0, 0.1) is 0 Å².